The number of carbonyl (C=O) groups excluding carboxylic acids is 1. The molecule has 0 saturated carbocycles. The molecule has 1 amide bonds. The molecule has 3 nitrogen and oxygen atoms in total. The van der Waals surface area contributed by atoms with Crippen LogP contribution >= 0.6 is 15.9 Å². The summed E-state index contributed by atoms with van der Waals surface area (Å²) >= 11 is 3.39. The van der Waals surface area contributed by atoms with Crippen molar-refractivity contribution in [2.75, 3.05) is 5.32 Å². The van der Waals surface area contributed by atoms with E-state index in [2.05, 4.69) is 21.2 Å². The average molecular weight is 285 g/mol. The second kappa shape index (κ2) is 5.46. The molecular formula is C12H17BrN2O. The molecule has 1 atom stereocenters. The van der Waals surface area contributed by atoms with Crippen LogP contribution in [0.4, 0.5) is 5.69 Å². The van der Waals surface area contributed by atoms with Crippen molar-refractivity contribution in [1.82, 2.24) is 0 Å². The molecule has 0 unspecified atom stereocenters. The van der Waals surface area contributed by atoms with E-state index in [-0.39, 0.29) is 11.8 Å². The molecule has 0 radical (unpaired) electrons. The fourth-order valence-electron chi connectivity index (χ4n) is 1.25. The summed E-state index contributed by atoms with van der Waals surface area (Å²) in [6.07, 6.45) is 0. The van der Waals surface area contributed by atoms with E-state index in [9.17, 15) is 4.79 Å². The number of carbonyl (C=O) groups is 1. The van der Waals surface area contributed by atoms with Crippen LogP contribution < -0.4 is 11.1 Å². The highest BCUT2D eigenvalue weighted by Gasteiger charge is 2.17. The lowest BCUT2D eigenvalue weighted by atomic mass is 10.0. The van der Waals surface area contributed by atoms with Crippen LogP contribution in [-0.2, 0) is 4.79 Å². The fourth-order valence-corrected chi connectivity index (χ4v) is 1.60. The Morgan fingerprint density at radius 2 is 2.06 bits per heavy atom. The molecule has 3 N–H and O–H groups in total. The number of nitrogens with one attached hydrogen (secondary N) is 1. The van der Waals surface area contributed by atoms with Crippen LogP contribution in [0.1, 0.15) is 19.4 Å². The molecule has 88 valence electrons. The molecule has 0 bridgehead atoms. The lowest BCUT2D eigenvalue weighted by Gasteiger charge is -2.16. The van der Waals surface area contributed by atoms with Crippen molar-refractivity contribution in [3.8, 4) is 0 Å². The van der Waals surface area contributed by atoms with E-state index < -0.39 is 6.04 Å². The van der Waals surface area contributed by atoms with Crippen LogP contribution in [0, 0.1) is 12.8 Å². The molecular weight excluding hydrogens is 268 g/mol. The highest BCUT2D eigenvalue weighted by molar-refractivity contribution is 9.10. The lowest BCUT2D eigenvalue weighted by molar-refractivity contribution is -0.118. The molecule has 0 aliphatic heterocycles. The summed E-state index contributed by atoms with van der Waals surface area (Å²) in [5.74, 6) is -0.0233. The molecule has 0 aromatic heterocycles. The average Bonchev–Trinajstić information content (AvgIpc) is 2.22. The molecule has 4 heteroatoms. The molecule has 1 aromatic rings. The second-order valence-corrected chi connectivity index (χ2v) is 5.10. The number of amides is 1. The topological polar surface area (TPSA) is 55.1 Å². The minimum Gasteiger partial charge on any atom is -0.324 e. The Kier molecular flexibility index (Phi) is 4.50. The predicted octanol–water partition coefficient (Wildman–Crippen LogP) is 2.68. The zero-order chi connectivity index (χ0) is 12.3. The summed E-state index contributed by atoms with van der Waals surface area (Å²) in [4.78, 5) is 11.8. The summed E-state index contributed by atoms with van der Waals surface area (Å²) in [7, 11) is 0. The Balaban J connectivity index is 2.80. The maximum atomic E-state index is 11.8. The monoisotopic (exact) mass is 284 g/mol. The number of nitrogens with two attached hydrogens (primary N) is 1. The first-order valence-electron chi connectivity index (χ1n) is 5.24. The number of halogens is 1. The van der Waals surface area contributed by atoms with Gasteiger partial charge in [0.25, 0.3) is 0 Å². The van der Waals surface area contributed by atoms with E-state index in [1.807, 2.05) is 39.0 Å². The first-order chi connectivity index (χ1) is 7.41. The van der Waals surface area contributed by atoms with E-state index >= 15 is 0 Å². The number of anilines is 1. The van der Waals surface area contributed by atoms with Crippen molar-refractivity contribution >= 4 is 27.5 Å². The first-order valence-corrected chi connectivity index (χ1v) is 6.03. The van der Waals surface area contributed by atoms with Gasteiger partial charge < -0.3 is 11.1 Å². The summed E-state index contributed by atoms with van der Waals surface area (Å²) in [6, 6.07) is 5.32. The normalized spacial score (nSPS) is 12.6. The van der Waals surface area contributed by atoms with Crippen molar-refractivity contribution in [3.05, 3.63) is 28.2 Å². The molecule has 0 spiro atoms. The lowest BCUT2D eigenvalue weighted by Crippen LogP contribution is -2.39. The molecule has 0 aliphatic rings. The largest absolute Gasteiger partial charge is 0.324 e. The Hall–Kier alpha value is -0.870. The smallest absolute Gasteiger partial charge is 0.241 e. The summed E-state index contributed by atoms with van der Waals surface area (Å²) < 4.78 is 0.863. The first kappa shape index (κ1) is 13.2. The van der Waals surface area contributed by atoms with Gasteiger partial charge in [-0.2, -0.15) is 0 Å². The third-order valence-corrected chi connectivity index (χ3v) is 3.09. The van der Waals surface area contributed by atoms with E-state index in [1.165, 1.54) is 0 Å². The zero-order valence-corrected chi connectivity index (χ0v) is 11.3. The van der Waals surface area contributed by atoms with Gasteiger partial charge in [0.1, 0.15) is 0 Å². The molecule has 16 heavy (non-hydrogen) atoms. The second-order valence-electron chi connectivity index (χ2n) is 4.24. The van der Waals surface area contributed by atoms with Crippen molar-refractivity contribution in [2.24, 2.45) is 11.7 Å². The third-order valence-electron chi connectivity index (χ3n) is 2.40. The van der Waals surface area contributed by atoms with Gasteiger partial charge in [-0.25, -0.2) is 0 Å². The van der Waals surface area contributed by atoms with Crippen LogP contribution in [0.15, 0.2) is 22.7 Å². The van der Waals surface area contributed by atoms with Gasteiger partial charge in [0, 0.05) is 4.47 Å². The van der Waals surface area contributed by atoms with Crippen LogP contribution in [0.5, 0.6) is 0 Å². The molecule has 0 fully saturated rings. The van der Waals surface area contributed by atoms with Gasteiger partial charge >= 0.3 is 0 Å². The van der Waals surface area contributed by atoms with Gasteiger partial charge in [-0.3, -0.25) is 4.79 Å². The van der Waals surface area contributed by atoms with Crippen LogP contribution in [0.2, 0.25) is 0 Å². The number of aryl methyl sites for hydroxylation is 1. The molecule has 0 aliphatic carbocycles. The SMILES string of the molecule is Cc1ccc(Br)c(NC(=O)[C@@H](N)C(C)C)c1. The maximum Gasteiger partial charge on any atom is 0.241 e. The number of rotatable bonds is 3. The van der Waals surface area contributed by atoms with E-state index in [4.69, 9.17) is 5.73 Å². The number of benzene rings is 1. The standard InChI is InChI=1S/C12H17BrN2O/c1-7(2)11(14)12(16)15-10-6-8(3)4-5-9(10)13/h4-7,11H,14H2,1-3H3,(H,15,16)/t11-/m0/s1. The minimum atomic E-state index is -0.479. The van der Waals surface area contributed by atoms with Crippen LogP contribution in [0.25, 0.3) is 0 Å². The van der Waals surface area contributed by atoms with Crippen LogP contribution in [0.3, 0.4) is 0 Å². The van der Waals surface area contributed by atoms with Gasteiger partial charge in [0.2, 0.25) is 5.91 Å². The van der Waals surface area contributed by atoms with E-state index in [1.54, 1.807) is 0 Å². The molecule has 1 aromatic carbocycles. The van der Waals surface area contributed by atoms with Gasteiger partial charge in [-0.05, 0) is 46.5 Å². The highest BCUT2D eigenvalue weighted by atomic mass is 79.9. The minimum absolute atomic E-state index is 0.128. The summed E-state index contributed by atoms with van der Waals surface area (Å²) in [5, 5.41) is 2.82. The zero-order valence-electron chi connectivity index (χ0n) is 9.75. The Labute approximate surface area is 105 Å². The molecule has 1 rings (SSSR count). The molecule has 0 saturated heterocycles. The Morgan fingerprint density at radius 1 is 1.44 bits per heavy atom. The van der Waals surface area contributed by atoms with Gasteiger partial charge in [-0.15, -0.1) is 0 Å². The van der Waals surface area contributed by atoms with Gasteiger partial charge in [-0.1, -0.05) is 19.9 Å². The Bertz CT molecular complexity index is 391. The van der Waals surface area contributed by atoms with E-state index in [0.717, 1.165) is 15.7 Å². The predicted molar refractivity (Wildman–Crippen MR) is 70.3 cm³/mol. The van der Waals surface area contributed by atoms with Gasteiger partial charge in [0.15, 0.2) is 0 Å². The van der Waals surface area contributed by atoms with Crippen molar-refractivity contribution in [1.29, 1.82) is 0 Å². The maximum absolute atomic E-state index is 11.8. The third kappa shape index (κ3) is 3.32. The van der Waals surface area contributed by atoms with Crippen molar-refractivity contribution in [2.45, 2.75) is 26.8 Å². The van der Waals surface area contributed by atoms with Crippen molar-refractivity contribution in [3.63, 3.8) is 0 Å². The summed E-state index contributed by atoms with van der Waals surface area (Å²) in [5.41, 5.74) is 7.63. The quantitative estimate of drug-likeness (QED) is 0.897. The van der Waals surface area contributed by atoms with Crippen molar-refractivity contribution < 1.29 is 4.79 Å². The van der Waals surface area contributed by atoms with Gasteiger partial charge in [0.05, 0.1) is 11.7 Å². The highest BCUT2D eigenvalue weighted by Crippen LogP contribution is 2.23. The number of hydrogen-bond acceptors (Lipinski definition) is 2. The molecule has 0 heterocycles. The Morgan fingerprint density at radius 3 is 2.62 bits per heavy atom. The fraction of sp³-hybridized carbons (Fsp3) is 0.417. The van der Waals surface area contributed by atoms with Crippen LogP contribution in [-0.4, -0.2) is 11.9 Å². The number of hydrogen-bond donors (Lipinski definition) is 2. The summed E-state index contributed by atoms with van der Waals surface area (Å²) in [6.45, 7) is 5.83. The van der Waals surface area contributed by atoms with E-state index in [0.29, 0.717) is 0 Å².